The number of benzene rings is 1. The zero-order valence-electron chi connectivity index (χ0n) is 13.4. The van der Waals surface area contributed by atoms with Crippen molar-refractivity contribution in [1.29, 1.82) is 0 Å². The molecule has 0 spiro atoms. The number of nitrogens with zero attached hydrogens (tertiary/aromatic N) is 2. The van der Waals surface area contributed by atoms with Gasteiger partial charge in [0.2, 0.25) is 0 Å². The molecule has 0 bridgehead atoms. The Hall–Kier alpha value is -3.27. The summed E-state index contributed by atoms with van der Waals surface area (Å²) in [6, 6.07) is 8.31. The first-order valence-electron chi connectivity index (χ1n) is 7.62. The Balaban J connectivity index is 1.39. The third-order valence-electron chi connectivity index (χ3n) is 3.28. The van der Waals surface area contributed by atoms with Crippen LogP contribution in [0.25, 0.3) is 11.0 Å². The fourth-order valence-electron chi connectivity index (χ4n) is 2.08. The molecule has 1 aromatic carbocycles. The van der Waals surface area contributed by atoms with E-state index in [0.29, 0.717) is 16.7 Å². The lowest BCUT2D eigenvalue weighted by Crippen LogP contribution is -2.27. The van der Waals surface area contributed by atoms with E-state index in [2.05, 4.69) is 19.4 Å². The first-order valence-corrected chi connectivity index (χ1v) is 8.35. The number of anilines is 1. The highest BCUT2D eigenvalue weighted by molar-refractivity contribution is 7.00. The number of ether oxygens (including phenoxy) is 1. The zero-order valence-corrected chi connectivity index (χ0v) is 14.2. The van der Waals surface area contributed by atoms with Crippen LogP contribution in [-0.2, 0) is 14.3 Å². The maximum absolute atomic E-state index is 11.9. The first-order chi connectivity index (χ1) is 12.6. The largest absolute Gasteiger partial charge is 0.459 e. The van der Waals surface area contributed by atoms with Crippen LogP contribution < -0.4 is 10.6 Å². The summed E-state index contributed by atoms with van der Waals surface area (Å²) in [6.45, 7) is -0.358. The van der Waals surface area contributed by atoms with Crippen LogP contribution in [0.1, 0.15) is 17.0 Å². The van der Waals surface area contributed by atoms with Crippen LogP contribution in [0.4, 0.5) is 5.69 Å². The van der Waals surface area contributed by atoms with Crippen LogP contribution >= 0.6 is 11.7 Å². The number of carbonyl (C=O) groups is 3. The molecule has 0 aliphatic rings. The van der Waals surface area contributed by atoms with Crippen LogP contribution in [0.15, 0.2) is 41.0 Å². The third-order valence-corrected chi connectivity index (χ3v) is 3.83. The molecule has 3 rings (SSSR count). The molecule has 2 N–H and O–H groups in total. The van der Waals surface area contributed by atoms with E-state index in [1.165, 1.54) is 12.3 Å². The number of esters is 1. The molecular weight excluding hydrogens is 360 g/mol. The number of rotatable bonds is 7. The van der Waals surface area contributed by atoms with Gasteiger partial charge in [-0.25, -0.2) is 0 Å². The van der Waals surface area contributed by atoms with E-state index in [0.717, 1.165) is 11.7 Å². The predicted octanol–water partition coefficient (Wildman–Crippen LogP) is 1.59. The Morgan fingerprint density at radius 2 is 2.04 bits per heavy atom. The van der Waals surface area contributed by atoms with E-state index < -0.39 is 24.4 Å². The number of carbonyl (C=O) groups excluding carboxylic acids is 3. The molecule has 0 radical (unpaired) electrons. The molecule has 2 amide bonds. The summed E-state index contributed by atoms with van der Waals surface area (Å²) < 4.78 is 18.0. The molecule has 2 heterocycles. The lowest BCUT2D eigenvalue weighted by atomic mass is 10.2. The Morgan fingerprint density at radius 3 is 2.85 bits per heavy atom. The second-order valence-corrected chi connectivity index (χ2v) is 5.66. The molecule has 0 fully saturated rings. The van der Waals surface area contributed by atoms with Gasteiger partial charge in [0, 0.05) is 6.54 Å². The van der Waals surface area contributed by atoms with Gasteiger partial charge in [-0.1, -0.05) is 6.07 Å². The minimum absolute atomic E-state index is 0.0642. The number of nitrogens with one attached hydrogen (secondary N) is 2. The zero-order chi connectivity index (χ0) is 18.4. The first kappa shape index (κ1) is 17.5. The summed E-state index contributed by atoms with van der Waals surface area (Å²) in [5.74, 6) is -1.36. The molecule has 0 aliphatic heterocycles. The van der Waals surface area contributed by atoms with Crippen LogP contribution in [0.5, 0.6) is 0 Å². The third kappa shape index (κ3) is 4.42. The van der Waals surface area contributed by atoms with E-state index in [4.69, 9.17) is 9.15 Å². The molecule has 0 unspecified atom stereocenters. The normalized spacial score (nSPS) is 10.5. The van der Waals surface area contributed by atoms with E-state index in [9.17, 15) is 14.4 Å². The quantitative estimate of drug-likeness (QED) is 0.602. The van der Waals surface area contributed by atoms with Gasteiger partial charge in [-0.3, -0.25) is 14.4 Å². The van der Waals surface area contributed by atoms with Crippen LogP contribution in [0.3, 0.4) is 0 Å². The van der Waals surface area contributed by atoms with Crippen molar-refractivity contribution in [3.63, 3.8) is 0 Å². The molecule has 9 nitrogen and oxygen atoms in total. The van der Waals surface area contributed by atoms with Gasteiger partial charge >= 0.3 is 5.97 Å². The Bertz CT molecular complexity index is 922. The molecule has 0 saturated carbocycles. The van der Waals surface area contributed by atoms with Crippen LogP contribution in [0, 0.1) is 0 Å². The fourth-order valence-corrected chi connectivity index (χ4v) is 2.63. The highest BCUT2D eigenvalue weighted by Gasteiger charge is 2.12. The minimum Gasteiger partial charge on any atom is -0.459 e. The molecule has 0 saturated heterocycles. The van der Waals surface area contributed by atoms with E-state index >= 15 is 0 Å². The van der Waals surface area contributed by atoms with Crippen molar-refractivity contribution in [3.8, 4) is 0 Å². The van der Waals surface area contributed by atoms with Crippen molar-refractivity contribution in [2.24, 2.45) is 0 Å². The smallest absolute Gasteiger partial charge is 0.308 e. The minimum atomic E-state index is -0.603. The lowest BCUT2D eigenvalue weighted by molar-refractivity contribution is -0.147. The summed E-state index contributed by atoms with van der Waals surface area (Å²) in [7, 11) is 0. The molecule has 134 valence electrons. The summed E-state index contributed by atoms with van der Waals surface area (Å²) in [5.41, 5.74) is 1.76. The number of fused-ring (bicyclic) bond motifs is 1. The SMILES string of the molecule is O=C(COC(=O)CCNC(=O)c1ccco1)Nc1cccc2nsnc12. The van der Waals surface area contributed by atoms with Crippen LogP contribution in [-0.4, -0.2) is 39.7 Å². The maximum Gasteiger partial charge on any atom is 0.308 e. The number of hydrogen-bond donors (Lipinski definition) is 2. The average Bonchev–Trinajstić information content (AvgIpc) is 3.32. The Morgan fingerprint density at radius 1 is 1.15 bits per heavy atom. The van der Waals surface area contributed by atoms with E-state index in [1.54, 1.807) is 24.3 Å². The highest BCUT2D eigenvalue weighted by Crippen LogP contribution is 2.20. The number of amides is 2. The van der Waals surface area contributed by atoms with Crippen molar-refractivity contribution in [2.45, 2.75) is 6.42 Å². The number of aromatic nitrogens is 2. The second kappa shape index (κ2) is 8.21. The van der Waals surface area contributed by atoms with Gasteiger partial charge in [-0.05, 0) is 24.3 Å². The van der Waals surface area contributed by atoms with Crippen molar-refractivity contribution in [3.05, 3.63) is 42.4 Å². The van der Waals surface area contributed by atoms with Crippen molar-refractivity contribution in [2.75, 3.05) is 18.5 Å². The standard InChI is InChI=1S/C16H14N4O5S/c21-13(18-10-3-1-4-11-15(10)20-26-19-11)9-25-14(22)6-7-17-16(23)12-5-2-8-24-12/h1-5,8H,6-7,9H2,(H,17,23)(H,18,21). The summed E-state index contributed by atoms with van der Waals surface area (Å²) in [5, 5.41) is 5.14. The van der Waals surface area contributed by atoms with E-state index in [-0.39, 0.29) is 18.7 Å². The molecule has 3 aromatic rings. The van der Waals surface area contributed by atoms with Gasteiger partial charge in [-0.2, -0.15) is 8.75 Å². The monoisotopic (exact) mass is 374 g/mol. The van der Waals surface area contributed by atoms with Gasteiger partial charge in [0.1, 0.15) is 11.0 Å². The van der Waals surface area contributed by atoms with Crippen molar-refractivity contribution < 1.29 is 23.5 Å². The van der Waals surface area contributed by atoms with E-state index in [1.807, 2.05) is 0 Å². The van der Waals surface area contributed by atoms with Gasteiger partial charge in [0.25, 0.3) is 11.8 Å². The molecule has 2 aromatic heterocycles. The molecule has 26 heavy (non-hydrogen) atoms. The second-order valence-electron chi connectivity index (χ2n) is 5.13. The van der Waals surface area contributed by atoms with Crippen LogP contribution in [0.2, 0.25) is 0 Å². The topological polar surface area (TPSA) is 123 Å². The average molecular weight is 374 g/mol. The summed E-state index contributed by atoms with van der Waals surface area (Å²) in [4.78, 5) is 35.2. The van der Waals surface area contributed by atoms with Gasteiger partial charge < -0.3 is 19.8 Å². The predicted molar refractivity (Wildman–Crippen MR) is 92.7 cm³/mol. The Kier molecular flexibility index (Phi) is 5.54. The molecule has 0 atom stereocenters. The molecule has 10 heteroatoms. The van der Waals surface area contributed by atoms with Gasteiger partial charge in [0.05, 0.1) is 30.1 Å². The summed E-state index contributed by atoms with van der Waals surface area (Å²) >= 11 is 1.04. The number of hydrogen-bond acceptors (Lipinski definition) is 8. The lowest BCUT2D eigenvalue weighted by Gasteiger charge is -2.07. The Labute approximate surface area is 151 Å². The molecule has 0 aliphatic carbocycles. The van der Waals surface area contributed by atoms with Crippen molar-refractivity contribution >= 4 is 46.2 Å². The maximum atomic E-state index is 11.9. The highest BCUT2D eigenvalue weighted by atomic mass is 32.1. The fraction of sp³-hybridized carbons (Fsp3) is 0.188. The molecular formula is C16H14N4O5S. The van der Waals surface area contributed by atoms with Crippen molar-refractivity contribution in [1.82, 2.24) is 14.1 Å². The van der Waals surface area contributed by atoms with Gasteiger partial charge in [-0.15, -0.1) is 0 Å². The number of furan rings is 1. The van der Waals surface area contributed by atoms with Gasteiger partial charge in [0.15, 0.2) is 12.4 Å². The summed E-state index contributed by atoms with van der Waals surface area (Å²) in [6.07, 6.45) is 1.31.